The SMILES string of the molecule is CCOC(=O)/C=C/c1c(C(=CNS(=O)(=O)c2ccc(C)cc2)c2cccc(F)c2)c2ccccc2n1C. The van der Waals surface area contributed by atoms with Gasteiger partial charge >= 0.3 is 5.97 Å². The first-order valence-corrected chi connectivity index (χ1v) is 13.2. The van der Waals surface area contributed by atoms with Gasteiger partial charge in [-0.1, -0.05) is 48.0 Å². The third-order valence-electron chi connectivity index (χ3n) is 5.91. The number of hydrogen-bond acceptors (Lipinski definition) is 4. The van der Waals surface area contributed by atoms with Crippen LogP contribution in [0.15, 0.2) is 90.0 Å². The van der Waals surface area contributed by atoms with Gasteiger partial charge in [-0.3, -0.25) is 4.72 Å². The largest absolute Gasteiger partial charge is 0.463 e. The summed E-state index contributed by atoms with van der Waals surface area (Å²) in [7, 11) is -2.07. The Bertz CT molecular complexity index is 1620. The highest BCUT2D eigenvalue weighted by atomic mass is 32.2. The summed E-state index contributed by atoms with van der Waals surface area (Å²) in [5.41, 5.74) is 3.95. The number of nitrogens with zero attached hydrogens (tertiary/aromatic N) is 1. The fourth-order valence-electron chi connectivity index (χ4n) is 4.11. The molecule has 0 atom stereocenters. The summed E-state index contributed by atoms with van der Waals surface area (Å²) >= 11 is 0. The van der Waals surface area contributed by atoms with Crippen molar-refractivity contribution in [2.24, 2.45) is 7.05 Å². The molecule has 1 aromatic heterocycles. The van der Waals surface area contributed by atoms with Crippen LogP contribution in [-0.2, 0) is 26.6 Å². The molecule has 0 spiro atoms. The Labute approximate surface area is 215 Å². The molecule has 4 rings (SSSR count). The van der Waals surface area contributed by atoms with Crippen molar-refractivity contribution in [3.63, 3.8) is 0 Å². The van der Waals surface area contributed by atoms with E-state index in [1.54, 1.807) is 37.3 Å². The second-order valence-electron chi connectivity index (χ2n) is 8.42. The summed E-state index contributed by atoms with van der Waals surface area (Å²) in [6, 6.07) is 20.0. The van der Waals surface area contributed by atoms with Gasteiger partial charge < -0.3 is 9.30 Å². The van der Waals surface area contributed by atoms with E-state index >= 15 is 0 Å². The molecule has 8 heteroatoms. The number of fused-ring (bicyclic) bond motifs is 1. The second-order valence-corrected chi connectivity index (χ2v) is 10.1. The van der Waals surface area contributed by atoms with Crippen LogP contribution < -0.4 is 4.72 Å². The predicted molar refractivity (Wildman–Crippen MR) is 144 cm³/mol. The molecule has 0 aliphatic rings. The molecule has 190 valence electrons. The third kappa shape index (κ3) is 5.65. The zero-order valence-electron chi connectivity index (χ0n) is 20.7. The number of halogens is 1. The minimum absolute atomic E-state index is 0.105. The quantitative estimate of drug-likeness (QED) is 0.244. The van der Waals surface area contributed by atoms with Crippen molar-refractivity contribution >= 4 is 38.5 Å². The Hall–Kier alpha value is -4.17. The van der Waals surface area contributed by atoms with Crippen molar-refractivity contribution in [1.29, 1.82) is 0 Å². The highest BCUT2D eigenvalue weighted by Crippen LogP contribution is 2.36. The lowest BCUT2D eigenvalue weighted by Crippen LogP contribution is -2.18. The molecule has 0 aliphatic heterocycles. The van der Waals surface area contributed by atoms with Gasteiger partial charge in [0.05, 0.1) is 11.5 Å². The molecule has 1 N–H and O–H groups in total. The number of para-hydroxylation sites is 1. The first-order chi connectivity index (χ1) is 17.7. The van der Waals surface area contributed by atoms with Crippen molar-refractivity contribution in [3.05, 3.63) is 113 Å². The van der Waals surface area contributed by atoms with Gasteiger partial charge in [0.2, 0.25) is 0 Å². The van der Waals surface area contributed by atoms with Crippen LogP contribution >= 0.6 is 0 Å². The van der Waals surface area contributed by atoms with E-state index in [-0.39, 0.29) is 11.5 Å². The lowest BCUT2D eigenvalue weighted by Gasteiger charge is -2.12. The summed E-state index contributed by atoms with van der Waals surface area (Å²) in [6.07, 6.45) is 4.31. The summed E-state index contributed by atoms with van der Waals surface area (Å²) in [5.74, 6) is -0.969. The molecule has 6 nitrogen and oxygen atoms in total. The minimum Gasteiger partial charge on any atom is -0.463 e. The Morgan fingerprint density at radius 2 is 1.78 bits per heavy atom. The number of ether oxygens (including phenoxy) is 1. The van der Waals surface area contributed by atoms with Crippen LogP contribution in [0.5, 0.6) is 0 Å². The number of carbonyl (C=O) groups excluding carboxylic acids is 1. The predicted octanol–water partition coefficient (Wildman–Crippen LogP) is 5.57. The topological polar surface area (TPSA) is 77.4 Å². The van der Waals surface area contributed by atoms with Crippen LogP contribution in [0.3, 0.4) is 0 Å². The number of benzene rings is 3. The molecule has 0 bridgehead atoms. The van der Waals surface area contributed by atoms with Gasteiger partial charge in [0.25, 0.3) is 10.0 Å². The zero-order valence-corrected chi connectivity index (χ0v) is 21.6. The third-order valence-corrected chi connectivity index (χ3v) is 7.23. The molecule has 0 amide bonds. The maximum absolute atomic E-state index is 14.3. The maximum Gasteiger partial charge on any atom is 0.330 e. The summed E-state index contributed by atoms with van der Waals surface area (Å²) in [4.78, 5) is 12.2. The number of esters is 1. The fraction of sp³-hybridized carbons (Fsp3) is 0.138. The highest BCUT2D eigenvalue weighted by molar-refractivity contribution is 7.89. The average molecular weight is 519 g/mol. The zero-order chi connectivity index (χ0) is 26.6. The molecule has 0 aliphatic carbocycles. The van der Waals surface area contributed by atoms with Crippen LogP contribution in [0.1, 0.15) is 29.3 Å². The van der Waals surface area contributed by atoms with Crippen molar-refractivity contribution in [1.82, 2.24) is 9.29 Å². The maximum atomic E-state index is 14.3. The Morgan fingerprint density at radius 1 is 1.05 bits per heavy atom. The number of carbonyl (C=O) groups is 1. The van der Waals surface area contributed by atoms with E-state index in [4.69, 9.17) is 4.74 Å². The van der Waals surface area contributed by atoms with E-state index in [0.29, 0.717) is 22.4 Å². The van der Waals surface area contributed by atoms with Gasteiger partial charge in [-0.25, -0.2) is 17.6 Å². The molecule has 1 heterocycles. The smallest absolute Gasteiger partial charge is 0.330 e. The van der Waals surface area contributed by atoms with Crippen LogP contribution in [0.4, 0.5) is 4.39 Å². The van der Waals surface area contributed by atoms with Crippen LogP contribution in [0.25, 0.3) is 22.6 Å². The van der Waals surface area contributed by atoms with E-state index in [1.165, 1.54) is 36.5 Å². The number of aromatic nitrogens is 1. The Kier molecular flexibility index (Phi) is 7.59. The monoisotopic (exact) mass is 518 g/mol. The molecule has 37 heavy (non-hydrogen) atoms. The van der Waals surface area contributed by atoms with Crippen molar-refractivity contribution in [3.8, 4) is 0 Å². The van der Waals surface area contributed by atoms with Gasteiger partial charge in [0.1, 0.15) is 5.82 Å². The molecule has 0 fully saturated rings. The van der Waals surface area contributed by atoms with Crippen LogP contribution in [-0.4, -0.2) is 25.6 Å². The molecular weight excluding hydrogens is 491 g/mol. The van der Waals surface area contributed by atoms with Gasteiger partial charge in [-0.2, -0.15) is 0 Å². The van der Waals surface area contributed by atoms with E-state index in [2.05, 4.69) is 4.72 Å². The average Bonchev–Trinajstić information content (AvgIpc) is 3.15. The van der Waals surface area contributed by atoms with Gasteiger partial charge in [-0.15, -0.1) is 0 Å². The molecule has 0 saturated heterocycles. The van der Waals surface area contributed by atoms with E-state index in [0.717, 1.165) is 16.5 Å². The summed E-state index contributed by atoms with van der Waals surface area (Å²) in [6.45, 7) is 3.83. The first-order valence-electron chi connectivity index (χ1n) is 11.7. The molecular formula is C29H27FN2O4S. The Balaban J connectivity index is 1.93. The van der Waals surface area contributed by atoms with Crippen molar-refractivity contribution < 1.29 is 22.3 Å². The normalized spacial score (nSPS) is 12.3. The van der Waals surface area contributed by atoms with Gasteiger partial charge in [0, 0.05) is 47.1 Å². The van der Waals surface area contributed by atoms with Gasteiger partial charge in [0.15, 0.2) is 0 Å². The molecule has 3 aromatic carbocycles. The number of hydrogen-bond donors (Lipinski definition) is 1. The number of aryl methyl sites for hydroxylation is 2. The minimum atomic E-state index is -3.91. The van der Waals surface area contributed by atoms with Crippen molar-refractivity contribution in [2.75, 3.05) is 6.61 Å². The first kappa shape index (κ1) is 25.9. The molecule has 4 aromatic rings. The van der Waals surface area contributed by atoms with E-state index < -0.39 is 21.8 Å². The highest BCUT2D eigenvalue weighted by Gasteiger charge is 2.20. The number of sulfonamides is 1. The molecule has 0 radical (unpaired) electrons. The number of nitrogens with one attached hydrogen (secondary N) is 1. The molecule has 0 saturated carbocycles. The van der Waals surface area contributed by atoms with E-state index in [1.807, 2.05) is 42.8 Å². The Morgan fingerprint density at radius 3 is 2.49 bits per heavy atom. The molecule has 0 unspecified atom stereocenters. The van der Waals surface area contributed by atoms with Crippen LogP contribution in [0.2, 0.25) is 0 Å². The standard InChI is InChI=1S/C29H27FN2O4S/c1-4-36-28(33)17-16-27-29(24-10-5-6-11-26(24)32(27)3)25(21-8-7-9-22(30)18-21)19-31-37(34,35)23-14-12-20(2)13-15-23/h5-19,31H,4H2,1-3H3/b17-16+,25-19?. The number of rotatable bonds is 8. The van der Waals surface area contributed by atoms with Crippen molar-refractivity contribution in [2.45, 2.75) is 18.7 Å². The summed E-state index contributed by atoms with van der Waals surface area (Å²) < 4.78 is 50.0. The lowest BCUT2D eigenvalue weighted by molar-refractivity contribution is -0.137. The van der Waals surface area contributed by atoms with Gasteiger partial charge in [-0.05, 0) is 55.8 Å². The second kappa shape index (κ2) is 10.8. The van der Waals surface area contributed by atoms with Crippen LogP contribution in [0, 0.1) is 12.7 Å². The van der Waals surface area contributed by atoms with E-state index in [9.17, 15) is 17.6 Å². The lowest BCUT2D eigenvalue weighted by atomic mass is 9.95. The fourth-order valence-corrected chi connectivity index (χ4v) is 5.01. The summed E-state index contributed by atoms with van der Waals surface area (Å²) in [5, 5.41) is 0.804.